The summed E-state index contributed by atoms with van der Waals surface area (Å²) in [6, 6.07) is 2.32. The van der Waals surface area contributed by atoms with Crippen LogP contribution in [0.2, 0.25) is 38.3 Å². The Balaban J connectivity index is 4.15. The molecule has 0 saturated carbocycles. The molecule has 0 amide bonds. The van der Waals surface area contributed by atoms with E-state index in [1.807, 2.05) is 13.8 Å². The third kappa shape index (κ3) is 11.1. The van der Waals surface area contributed by atoms with Crippen LogP contribution in [0.25, 0.3) is 0 Å². The second-order valence-corrected chi connectivity index (χ2v) is 16.6. The number of rotatable bonds is 10. The fourth-order valence-electron chi connectivity index (χ4n) is 1.80. The number of ether oxygens (including phenoxy) is 1. The van der Waals surface area contributed by atoms with Crippen molar-refractivity contribution in [2.45, 2.75) is 64.7 Å². The molecule has 0 saturated heterocycles. The molecule has 2 atom stereocenters. The molecule has 0 aliphatic carbocycles. The van der Waals surface area contributed by atoms with Gasteiger partial charge in [0.2, 0.25) is 0 Å². The van der Waals surface area contributed by atoms with Gasteiger partial charge in [0.1, 0.15) is 12.6 Å². The van der Waals surface area contributed by atoms with E-state index in [4.69, 9.17) is 13.6 Å². The molecule has 0 rings (SSSR count). The van der Waals surface area contributed by atoms with Crippen LogP contribution in [0.1, 0.15) is 13.8 Å². The van der Waals surface area contributed by atoms with E-state index < -0.39 is 16.6 Å². The zero-order chi connectivity index (χ0) is 15.1. The average molecular weight is 530 g/mol. The molecule has 0 aromatic heterocycles. The molecule has 116 valence electrons. The van der Waals surface area contributed by atoms with Crippen LogP contribution in [-0.4, -0.2) is 38.1 Å². The van der Waals surface area contributed by atoms with Crippen LogP contribution >= 0.6 is 45.2 Å². The molecule has 0 N–H and O–H groups in total. The van der Waals surface area contributed by atoms with Gasteiger partial charge in [0, 0.05) is 0 Å². The molecule has 2 unspecified atom stereocenters. The Bertz CT molecular complexity index is 229. The number of alkyl halides is 2. The molecule has 7 heteroatoms. The van der Waals surface area contributed by atoms with Crippen LogP contribution in [0.4, 0.5) is 0 Å². The molecule has 0 aliphatic rings. The maximum atomic E-state index is 6.07. The van der Waals surface area contributed by atoms with E-state index in [1.165, 1.54) is 0 Å². The summed E-state index contributed by atoms with van der Waals surface area (Å²) in [5.41, 5.74) is 0. The second kappa shape index (κ2) is 9.72. The minimum atomic E-state index is -1.58. The Labute approximate surface area is 148 Å². The lowest BCUT2D eigenvalue weighted by Gasteiger charge is -2.31. The highest BCUT2D eigenvalue weighted by Crippen LogP contribution is 2.19. The van der Waals surface area contributed by atoms with Crippen LogP contribution < -0.4 is 0 Å². The minimum absolute atomic E-state index is 0.177. The molecule has 0 radical (unpaired) electrons. The molecule has 0 aromatic carbocycles. The number of hydrogen-bond donors (Lipinski definition) is 0. The quantitative estimate of drug-likeness (QED) is 0.172. The first-order valence-corrected chi connectivity index (χ1v) is 16.0. The van der Waals surface area contributed by atoms with Crippen LogP contribution in [-0.2, 0) is 13.6 Å². The zero-order valence-corrected chi connectivity index (χ0v) is 19.3. The van der Waals surface area contributed by atoms with Gasteiger partial charge in [0.25, 0.3) is 0 Å². The Morgan fingerprint density at radius 1 is 0.789 bits per heavy atom. The van der Waals surface area contributed by atoms with Crippen molar-refractivity contribution in [3.05, 3.63) is 0 Å². The lowest BCUT2D eigenvalue weighted by molar-refractivity contribution is -0.175. The summed E-state index contributed by atoms with van der Waals surface area (Å²) in [6.07, 6.45) is -0.354. The van der Waals surface area contributed by atoms with E-state index in [1.54, 1.807) is 0 Å². The predicted molar refractivity (Wildman–Crippen MR) is 105 cm³/mol. The summed E-state index contributed by atoms with van der Waals surface area (Å²) in [6.45, 7) is 12.9. The van der Waals surface area contributed by atoms with Crippen LogP contribution in [0.3, 0.4) is 0 Å². The highest BCUT2D eigenvalue weighted by atomic mass is 127. The van der Waals surface area contributed by atoms with E-state index in [0.29, 0.717) is 0 Å². The SMILES string of the molecule is CC(OC(C)O[Si](C)(C)CCI)O[Si](C)(C)CCI. The van der Waals surface area contributed by atoms with Gasteiger partial charge < -0.3 is 13.6 Å². The van der Waals surface area contributed by atoms with Crippen molar-refractivity contribution in [3.8, 4) is 0 Å². The van der Waals surface area contributed by atoms with E-state index in [9.17, 15) is 0 Å². The van der Waals surface area contributed by atoms with Gasteiger partial charge in [-0.1, -0.05) is 45.2 Å². The Morgan fingerprint density at radius 3 is 1.37 bits per heavy atom. The maximum absolute atomic E-state index is 6.07. The molecule has 0 heterocycles. The Morgan fingerprint density at radius 2 is 1.11 bits per heavy atom. The molecular weight excluding hydrogens is 502 g/mol. The Hall–Kier alpha value is 1.77. The lowest BCUT2D eigenvalue weighted by atomic mass is 10.7. The van der Waals surface area contributed by atoms with Crippen molar-refractivity contribution in [2.75, 3.05) is 8.86 Å². The third-order valence-electron chi connectivity index (χ3n) is 2.75. The van der Waals surface area contributed by atoms with Gasteiger partial charge in [-0.25, -0.2) is 0 Å². The first-order valence-electron chi connectivity index (χ1n) is 6.75. The van der Waals surface area contributed by atoms with Gasteiger partial charge >= 0.3 is 0 Å². The van der Waals surface area contributed by atoms with Gasteiger partial charge in [0.15, 0.2) is 16.6 Å². The minimum Gasteiger partial charge on any atom is -0.393 e. The van der Waals surface area contributed by atoms with Crippen LogP contribution in [0.15, 0.2) is 0 Å². The summed E-state index contributed by atoms with van der Waals surface area (Å²) >= 11 is 4.81. The number of halogens is 2. The third-order valence-corrected chi connectivity index (χ3v) is 10.7. The summed E-state index contributed by atoms with van der Waals surface area (Å²) in [7, 11) is -3.17. The topological polar surface area (TPSA) is 27.7 Å². The Kier molecular flexibility index (Phi) is 10.6. The van der Waals surface area contributed by atoms with Crippen molar-refractivity contribution in [1.82, 2.24) is 0 Å². The predicted octanol–water partition coefficient (Wildman–Crippen LogP) is 5.01. The first kappa shape index (κ1) is 20.8. The summed E-state index contributed by atoms with van der Waals surface area (Å²) in [5.74, 6) is 0. The molecule has 0 aromatic rings. The molecule has 0 fully saturated rings. The molecule has 19 heavy (non-hydrogen) atoms. The van der Waals surface area contributed by atoms with Gasteiger partial charge in [-0.05, 0) is 61.0 Å². The summed E-state index contributed by atoms with van der Waals surface area (Å²) in [4.78, 5) is 0. The first-order chi connectivity index (χ1) is 8.62. The zero-order valence-electron chi connectivity index (χ0n) is 13.0. The van der Waals surface area contributed by atoms with Crippen LogP contribution in [0.5, 0.6) is 0 Å². The van der Waals surface area contributed by atoms with Crippen molar-refractivity contribution in [3.63, 3.8) is 0 Å². The average Bonchev–Trinajstić information content (AvgIpc) is 2.13. The standard InChI is InChI=1S/C12H28I2O3Si2/c1-11(16-18(3,4)9-7-13)15-12(2)17-19(5,6)10-8-14/h11-12H,7-10H2,1-6H3. The maximum Gasteiger partial charge on any atom is 0.190 e. The number of hydrogen-bond acceptors (Lipinski definition) is 3. The normalized spacial score (nSPS) is 16.4. The monoisotopic (exact) mass is 530 g/mol. The lowest BCUT2D eigenvalue weighted by Crippen LogP contribution is -2.40. The molecule has 3 nitrogen and oxygen atoms in total. The summed E-state index contributed by atoms with van der Waals surface area (Å²) in [5, 5.41) is 0. The molecule has 0 aliphatic heterocycles. The van der Waals surface area contributed by atoms with Crippen LogP contribution in [0, 0.1) is 0 Å². The van der Waals surface area contributed by atoms with Crippen molar-refractivity contribution in [2.24, 2.45) is 0 Å². The highest BCUT2D eigenvalue weighted by Gasteiger charge is 2.28. The van der Waals surface area contributed by atoms with Gasteiger partial charge in [-0.15, -0.1) is 0 Å². The van der Waals surface area contributed by atoms with E-state index in [2.05, 4.69) is 71.4 Å². The molecule has 0 bridgehead atoms. The fraction of sp³-hybridized carbons (Fsp3) is 1.00. The van der Waals surface area contributed by atoms with E-state index in [0.717, 1.165) is 20.9 Å². The highest BCUT2D eigenvalue weighted by molar-refractivity contribution is 14.1. The fourth-order valence-corrected chi connectivity index (χ4v) is 12.6. The van der Waals surface area contributed by atoms with Crippen molar-refractivity contribution < 1.29 is 13.6 Å². The van der Waals surface area contributed by atoms with Gasteiger partial charge in [0.05, 0.1) is 0 Å². The molecular formula is C12H28I2O3Si2. The van der Waals surface area contributed by atoms with Gasteiger partial charge in [-0.3, -0.25) is 0 Å². The smallest absolute Gasteiger partial charge is 0.190 e. The van der Waals surface area contributed by atoms with E-state index in [-0.39, 0.29) is 12.6 Å². The largest absolute Gasteiger partial charge is 0.393 e. The van der Waals surface area contributed by atoms with E-state index >= 15 is 0 Å². The molecule has 0 spiro atoms. The summed E-state index contributed by atoms with van der Waals surface area (Å²) < 4.78 is 20.3. The van der Waals surface area contributed by atoms with Crippen molar-refractivity contribution >= 4 is 61.8 Å². The van der Waals surface area contributed by atoms with Crippen molar-refractivity contribution in [1.29, 1.82) is 0 Å². The van der Waals surface area contributed by atoms with Gasteiger partial charge in [-0.2, -0.15) is 0 Å². The second-order valence-electron chi connectivity index (χ2n) is 5.90.